The van der Waals surface area contributed by atoms with E-state index in [1.54, 1.807) is 17.0 Å². The maximum atomic E-state index is 12.8. The van der Waals surface area contributed by atoms with E-state index in [-0.39, 0.29) is 11.7 Å². The van der Waals surface area contributed by atoms with E-state index in [0.29, 0.717) is 16.3 Å². The van der Waals surface area contributed by atoms with Crippen molar-refractivity contribution < 1.29 is 4.52 Å². The average molecular weight is 420 g/mol. The van der Waals surface area contributed by atoms with E-state index < -0.39 is 0 Å². The summed E-state index contributed by atoms with van der Waals surface area (Å²) < 4.78 is 7.01. The molecule has 1 N–H and O–H groups in total. The molecule has 0 bridgehead atoms. The third-order valence-corrected chi connectivity index (χ3v) is 5.75. The minimum atomic E-state index is -0.265. The van der Waals surface area contributed by atoms with E-state index in [2.05, 4.69) is 20.1 Å². The van der Waals surface area contributed by atoms with Crippen LogP contribution in [-0.2, 0) is 0 Å². The van der Waals surface area contributed by atoms with Crippen LogP contribution < -0.4 is 5.69 Å². The first kappa shape index (κ1) is 18.6. The number of pyridine rings is 2. The van der Waals surface area contributed by atoms with Gasteiger partial charge in [-0.1, -0.05) is 22.8 Å². The molecular weight excluding hydrogens is 402 g/mol. The van der Waals surface area contributed by atoms with Gasteiger partial charge in [0, 0.05) is 27.7 Å². The van der Waals surface area contributed by atoms with Crippen LogP contribution in [0, 0.1) is 13.8 Å². The van der Waals surface area contributed by atoms with E-state index in [4.69, 9.17) is 16.1 Å². The van der Waals surface area contributed by atoms with E-state index in [0.717, 1.165) is 38.9 Å². The van der Waals surface area contributed by atoms with Crippen LogP contribution in [-0.4, -0.2) is 24.7 Å². The Morgan fingerprint density at radius 1 is 1.20 bits per heavy atom. The number of fused-ring (bicyclic) bond motifs is 3. The van der Waals surface area contributed by atoms with Crippen molar-refractivity contribution in [3.8, 4) is 11.1 Å². The lowest BCUT2D eigenvalue weighted by Crippen LogP contribution is -2.21. The molecule has 5 aromatic rings. The highest BCUT2D eigenvalue weighted by Gasteiger charge is 2.21. The largest absolute Gasteiger partial charge is 0.361 e. The van der Waals surface area contributed by atoms with Crippen molar-refractivity contribution in [3.05, 3.63) is 75.4 Å². The molecule has 0 spiro atoms. The summed E-state index contributed by atoms with van der Waals surface area (Å²) in [5.74, 6) is 0.692. The Kier molecular flexibility index (Phi) is 4.22. The van der Waals surface area contributed by atoms with Crippen LogP contribution >= 0.6 is 11.6 Å². The molecule has 0 fully saturated rings. The van der Waals surface area contributed by atoms with Crippen LogP contribution in [0.3, 0.4) is 0 Å². The second-order valence-corrected chi connectivity index (χ2v) is 7.71. The number of nitrogens with zero attached hydrogens (tertiary/aromatic N) is 4. The van der Waals surface area contributed by atoms with Crippen molar-refractivity contribution in [2.24, 2.45) is 0 Å². The number of hydrogen-bond donors (Lipinski definition) is 1. The van der Waals surface area contributed by atoms with E-state index in [1.165, 1.54) is 0 Å². The second kappa shape index (κ2) is 6.81. The van der Waals surface area contributed by atoms with Gasteiger partial charge in [0.25, 0.3) is 0 Å². The highest BCUT2D eigenvalue weighted by molar-refractivity contribution is 6.34. The Balaban J connectivity index is 1.80. The summed E-state index contributed by atoms with van der Waals surface area (Å²) in [5.41, 5.74) is 5.12. The average Bonchev–Trinajstić information content (AvgIpc) is 3.26. The Morgan fingerprint density at radius 3 is 2.73 bits per heavy atom. The molecule has 1 aromatic carbocycles. The van der Waals surface area contributed by atoms with E-state index in [9.17, 15) is 4.79 Å². The molecule has 0 saturated heterocycles. The van der Waals surface area contributed by atoms with Gasteiger partial charge in [0.15, 0.2) is 0 Å². The third kappa shape index (κ3) is 2.74. The molecule has 1 atom stereocenters. The highest BCUT2D eigenvalue weighted by Crippen LogP contribution is 2.37. The monoisotopic (exact) mass is 419 g/mol. The SMILES string of the molecule is Cc1noc(C)c1-c1cc2ncc3[nH]c(=O)n([C@H](C)c4ccccn4)c3c2cc1Cl. The molecule has 0 aliphatic rings. The number of benzene rings is 1. The predicted molar refractivity (Wildman–Crippen MR) is 116 cm³/mol. The Bertz CT molecular complexity index is 1450. The summed E-state index contributed by atoms with van der Waals surface area (Å²) in [7, 11) is 0. The van der Waals surface area contributed by atoms with Crippen LogP contribution in [0.2, 0.25) is 5.02 Å². The van der Waals surface area contributed by atoms with E-state index >= 15 is 0 Å². The number of nitrogens with one attached hydrogen (secondary N) is 1. The number of aromatic nitrogens is 5. The van der Waals surface area contributed by atoms with Gasteiger partial charge in [-0.05, 0) is 45.0 Å². The summed E-state index contributed by atoms with van der Waals surface area (Å²) in [5, 5.41) is 5.35. The molecule has 0 aliphatic carbocycles. The number of imidazole rings is 1. The molecule has 4 aromatic heterocycles. The first-order chi connectivity index (χ1) is 14.5. The minimum Gasteiger partial charge on any atom is -0.361 e. The van der Waals surface area contributed by atoms with Crippen molar-refractivity contribution in [2.45, 2.75) is 26.8 Å². The number of aromatic amines is 1. The zero-order valence-corrected chi connectivity index (χ0v) is 17.4. The fourth-order valence-corrected chi connectivity index (χ4v) is 4.27. The first-order valence-corrected chi connectivity index (χ1v) is 9.90. The van der Waals surface area contributed by atoms with Crippen molar-refractivity contribution in [3.63, 3.8) is 0 Å². The fraction of sp³-hybridized carbons (Fsp3) is 0.182. The molecule has 0 unspecified atom stereocenters. The third-order valence-electron chi connectivity index (χ3n) is 5.44. The van der Waals surface area contributed by atoms with Gasteiger partial charge in [-0.25, -0.2) is 4.79 Å². The topological polar surface area (TPSA) is 89.6 Å². The van der Waals surface area contributed by atoms with Gasteiger partial charge in [0.2, 0.25) is 0 Å². The van der Waals surface area contributed by atoms with Crippen LogP contribution in [0.15, 0.2) is 52.0 Å². The zero-order valence-electron chi connectivity index (χ0n) is 16.6. The molecular formula is C22H18ClN5O2. The number of aryl methyl sites for hydroxylation is 2. The van der Waals surface area contributed by atoms with E-state index in [1.807, 2.05) is 51.1 Å². The van der Waals surface area contributed by atoms with Crippen molar-refractivity contribution in [2.75, 3.05) is 0 Å². The van der Waals surface area contributed by atoms with Gasteiger partial charge in [-0.15, -0.1) is 0 Å². The molecule has 8 heteroatoms. The molecule has 0 radical (unpaired) electrons. The lowest BCUT2D eigenvalue weighted by atomic mass is 10.0. The summed E-state index contributed by atoms with van der Waals surface area (Å²) in [6, 6.07) is 9.16. The van der Waals surface area contributed by atoms with Crippen LogP contribution in [0.1, 0.15) is 30.1 Å². The molecule has 0 saturated carbocycles. The van der Waals surface area contributed by atoms with Gasteiger partial charge < -0.3 is 9.51 Å². The van der Waals surface area contributed by atoms with Crippen LogP contribution in [0.4, 0.5) is 0 Å². The molecule has 4 heterocycles. The smallest absolute Gasteiger partial charge is 0.327 e. The summed E-state index contributed by atoms with van der Waals surface area (Å²) in [6.07, 6.45) is 3.39. The maximum Gasteiger partial charge on any atom is 0.327 e. The van der Waals surface area contributed by atoms with Gasteiger partial charge in [0.1, 0.15) is 5.76 Å². The van der Waals surface area contributed by atoms with Crippen molar-refractivity contribution in [1.82, 2.24) is 24.7 Å². The van der Waals surface area contributed by atoms with Gasteiger partial charge in [-0.3, -0.25) is 14.5 Å². The lowest BCUT2D eigenvalue weighted by Gasteiger charge is -2.14. The number of halogens is 1. The Hall–Kier alpha value is -3.45. The van der Waals surface area contributed by atoms with Crippen molar-refractivity contribution >= 4 is 33.5 Å². The van der Waals surface area contributed by atoms with Gasteiger partial charge in [-0.2, -0.15) is 0 Å². The van der Waals surface area contributed by atoms with Crippen LogP contribution in [0.5, 0.6) is 0 Å². The minimum absolute atomic E-state index is 0.219. The first-order valence-electron chi connectivity index (χ1n) is 9.52. The Morgan fingerprint density at radius 2 is 2.03 bits per heavy atom. The predicted octanol–water partition coefficient (Wildman–Crippen LogP) is 4.81. The molecule has 0 amide bonds. The van der Waals surface area contributed by atoms with Gasteiger partial charge >= 0.3 is 5.69 Å². The van der Waals surface area contributed by atoms with Gasteiger partial charge in [0.05, 0.1) is 40.2 Å². The summed E-state index contributed by atoms with van der Waals surface area (Å²) >= 11 is 6.69. The fourth-order valence-electron chi connectivity index (χ4n) is 4.01. The normalized spacial score (nSPS) is 12.7. The number of rotatable bonds is 3. The molecule has 30 heavy (non-hydrogen) atoms. The zero-order chi connectivity index (χ0) is 21.0. The molecule has 150 valence electrons. The molecule has 7 nitrogen and oxygen atoms in total. The summed E-state index contributed by atoms with van der Waals surface area (Å²) in [6.45, 7) is 5.68. The van der Waals surface area contributed by atoms with Crippen molar-refractivity contribution in [1.29, 1.82) is 0 Å². The lowest BCUT2D eigenvalue weighted by molar-refractivity contribution is 0.393. The molecule has 0 aliphatic heterocycles. The Labute approximate surface area is 176 Å². The van der Waals surface area contributed by atoms with Crippen LogP contribution in [0.25, 0.3) is 33.1 Å². The molecule has 5 rings (SSSR count). The quantitative estimate of drug-likeness (QED) is 0.453. The second-order valence-electron chi connectivity index (χ2n) is 7.30. The number of hydrogen-bond acceptors (Lipinski definition) is 5. The maximum absolute atomic E-state index is 12.8. The highest BCUT2D eigenvalue weighted by atomic mass is 35.5. The summed E-state index contributed by atoms with van der Waals surface area (Å²) in [4.78, 5) is 24.7. The standard InChI is InChI=1S/C22H18ClN5O2/c1-11-20(13(3)30-27-11)14-9-18-15(8-16(14)23)21-19(10-25-18)26-22(29)28(21)12(2)17-6-4-5-7-24-17/h4-10,12H,1-3H3,(H,26,29)/t12-/m1/s1. The number of H-pyrrole nitrogens is 1.